The number of amides is 1. The summed E-state index contributed by atoms with van der Waals surface area (Å²) in [5.74, 6) is -1.77. The summed E-state index contributed by atoms with van der Waals surface area (Å²) in [6.45, 7) is 0. The lowest BCUT2D eigenvalue weighted by Crippen LogP contribution is -2.43. The predicted octanol–water partition coefficient (Wildman–Crippen LogP) is 2.23. The van der Waals surface area contributed by atoms with E-state index < -0.39 is 23.8 Å². The van der Waals surface area contributed by atoms with E-state index in [1.807, 2.05) is 0 Å². The monoisotopic (exact) mass is 301 g/mol. The Kier molecular flexibility index (Phi) is 4.20. The van der Waals surface area contributed by atoms with Crippen LogP contribution in [0.3, 0.4) is 0 Å². The fourth-order valence-electron chi connectivity index (χ4n) is 1.95. The maximum atomic E-state index is 12.6. The highest BCUT2D eigenvalue weighted by molar-refractivity contribution is 5.86. The van der Waals surface area contributed by atoms with Gasteiger partial charge in [-0.3, -0.25) is 4.79 Å². The van der Waals surface area contributed by atoms with Crippen LogP contribution >= 0.6 is 0 Å². The average molecular weight is 301 g/mol. The van der Waals surface area contributed by atoms with Crippen molar-refractivity contribution in [2.75, 3.05) is 0 Å². The molecule has 1 aromatic carbocycles. The molecule has 1 fully saturated rings. The molecule has 1 saturated carbocycles. The van der Waals surface area contributed by atoms with Crippen LogP contribution in [-0.4, -0.2) is 23.0 Å². The van der Waals surface area contributed by atoms with Crippen LogP contribution in [0.2, 0.25) is 0 Å². The van der Waals surface area contributed by atoms with Gasteiger partial charge in [0.15, 0.2) is 0 Å². The minimum atomic E-state index is -4.48. The van der Waals surface area contributed by atoms with Crippen molar-refractivity contribution in [3.8, 4) is 0 Å². The summed E-state index contributed by atoms with van der Waals surface area (Å²) < 4.78 is 37.8. The van der Waals surface area contributed by atoms with Crippen molar-refractivity contribution in [2.24, 2.45) is 5.92 Å². The van der Waals surface area contributed by atoms with Crippen molar-refractivity contribution < 1.29 is 27.9 Å². The number of carbonyl (C=O) groups is 2. The molecule has 2 rings (SSSR count). The Balaban J connectivity index is 2.09. The number of carboxylic acid groups (broad SMARTS) is 1. The van der Waals surface area contributed by atoms with Gasteiger partial charge >= 0.3 is 12.1 Å². The normalized spacial score (nSPS) is 16.3. The molecule has 0 bridgehead atoms. The Bertz CT molecular complexity index is 553. The lowest BCUT2D eigenvalue weighted by atomic mass is 10.0. The van der Waals surface area contributed by atoms with Gasteiger partial charge < -0.3 is 10.4 Å². The Morgan fingerprint density at radius 2 is 2.00 bits per heavy atom. The molecule has 0 saturated heterocycles. The number of nitrogens with one attached hydrogen (secondary N) is 1. The van der Waals surface area contributed by atoms with E-state index in [1.54, 1.807) is 0 Å². The van der Waals surface area contributed by atoms with E-state index in [9.17, 15) is 22.8 Å². The predicted molar refractivity (Wildman–Crippen MR) is 67.4 cm³/mol. The van der Waals surface area contributed by atoms with Crippen LogP contribution in [0, 0.1) is 5.92 Å². The van der Waals surface area contributed by atoms with Gasteiger partial charge in [0, 0.05) is 12.3 Å². The molecule has 0 unspecified atom stereocenters. The van der Waals surface area contributed by atoms with Crippen LogP contribution in [0.25, 0.3) is 0 Å². The Morgan fingerprint density at radius 3 is 2.52 bits per heavy atom. The van der Waals surface area contributed by atoms with Gasteiger partial charge in [-0.2, -0.15) is 13.2 Å². The fraction of sp³-hybridized carbons (Fsp3) is 0.429. The molecule has 4 nitrogen and oxygen atoms in total. The molecule has 1 amide bonds. The minimum Gasteiger partial charge on any atom is -0.480 e. The number of carboxylic acids is 1. The molecule has 21 heavy (non-hydrogen) atoms. The molecule has 2 N–H and O–H groups in total. The van der Waals surface area contributed by atoms with Crippen LogP contribution in [0.4, 0.5) is 13.2 Å². The second kappa shape index (κ2) is 5.75. The van der Waals surface area contributed by atoms with E-state index >= 15 is 0 Å². The highest BCUT2D eigenvalue weighted by Crippen LogP contribution is 2.30. The first kappa shape index (κ1) is 15.3. The molecule has 0 radical (unpaired) electrons. The molecule has 0 aliphatic heterocycles. The van der Waals surface area contributed by atoms with Gasteiger partial charge in [-0.15, -0.1) is 0 Å². The Morgan fingerprint density at radius 1 is 1.33 bits per heavy atom. The van der Waals surface area contributed by atoms with Crippen LogP contribution < -0.4 is 5.32 Å². The first-order valence-electron chi connectivity index (χ1n) is 6.46. The number of hydrogen-bond donors (Lipinski definition) is 2. The van der Waals surface area contributed by atoms with Gasteiger partial charge in [-0.1, -0.05) is 18.2 Å². The Labute approximate surface area is 119 Å². The summed E-state index contributed by atoms with van der Waals surface area (Å²) in [7, 11) is 0. The standard InChI is InChI=1S/C14H14F3NO3/c15-14(16,17)10-3-1-2-8(6-10)7-11(13(20)21)18-12(19)9-4-5-9/h1-3,6,9,11H,4-5,7H2,(H,18,19)(H,20,21)/t11-/m0/s1. The van der Waals surface area contributed by atoms with Crippen molar-refractivity contribution in [3.05, 3.63) is 35.4 Å². The minimum absolute atomic E-state index is 0.159. The number of alkyl halides is 3. The van der Waals surface area contributed by atoms with Crippen molar-refractivity contribution in [1.82, 2.24) is 5.32 Å². The maximum absolute atomic E-state index is 12.6. The SMILES string of the molecule is O=C(N[C@@H](Cc1cccc(C(F)(F)F)c1)C(=O)O)C1CC1. The summed E-state index contributed by atoms with van der Waals surface area (Å²) in [4.78, 5) is 22.7. The maximum Gasteiger partial charge on any atom is 0.416 e. The topological polar surface area (TPSA) is 66.4 Å². The lowest BCUT2D eigenvalue weighted by molar-refractivity contribution is -0.142. The van der Waals surface area contributed by atoms with Gasteiger partial charge in [0.2, 0.25) is 5.91 Å². The zero-order valence-corrected chi connectivity index (χ0v) is 11.0. The zero-order chi connectivity index (χ0) is 15.6. The Hall–Kier alpha value is -2.05. The third-order valence-corrected chi connectivity index (χ3v) is 3.26. The molecule has 0 heterocycles. The summed E-state index contributed by atoms with van der Waals surface area (Å²) >= 11 is 0. The molecule has 0 aromatic heterocycles. The number of benzene rings is 1. The van der Waals surface area contributed by atoms with E-state index in [0.29, 0.717) is 0 Å². The van der Waals surface area contributed by atoms with Gasteiger partial charge in [0.25, 0.3) is 0 Å². The highest BCUT2D eigenvalue weighted by Gasteiger charge is 2.33. The van der Waals surface area contributed by atoms with E-state index in [4.69, 9.17) is 5.11 Å². The molecular weight excluding hydrogens is 287 g/mol. The van der Waals surface area contributed by atoms with E-state index in [-0.39, 0.29) is 23.8 Å². The lowest BCUT2D eigenvalue weighted by Gasteiger charge is -2.15. The molecule has 7 heteroatoms. The smallest absolute Gasteiger partial charge is 0.416 e. The molecule has 114 valence electrons. The molecule has 1 aliphatic carbocycles. The molecule has 1 aliphatic rings. The molecule has 0 spiro atoms. The van der Waals surface area contributed by atoms with Crippen LogP contribution in [0.15, 0.2) is 24.3 Å². The highest BCUT2D eigenvalue weighted by atomic mass is 19.4. The number of hydrogen-bond acceptors (Lipinski definition) is 2. The number of rotatable bonds is 5. The van der Waals surface area contributed by atoms with Crippen molar-refractivity contribution in [1.29, 1.82) is 0 Å². The number of aliphatic carboxylic acids is 1. The van der Waals surface area contributed by atoms with Crippen LogP contribution in [-0.2, 0) is 22.2 Å². The largest absolute Gasteiger partial charge is 0.480 e. The van der Waals surface area contributed by atoms with Gasteiger partial charge in [-0.05, 0) is 24.5 Å². The first-order chi connectivity index (χ1) is 9.77. The third kappa shape index (κ3) is 4.21. The second-order valence-corrected chi connectivity index (χ2v) is 5.08. The summed E-state index contributed by atoms with van der Waals surface area (Å²) in [6, 6.07) is 3.23. The molecule has 1 aromatic rings. The van der Waals surface area contributed by atoms with E-state index in [1.165, 1.54) is 12.1 Å². The van der Waals surface area contributed by atoms with Crippen molar-refractivity contribution >= 4 is 11.9 Å². The van der Waals surface area contributed by atoms with E-state index in [0.717, 1.165) is 25.0 Å². The quantitative estimate of drug-likeness (QED) is 0.876. The van der Waals surface area contributed by atoms with Gasteiger partial charge in [-0.25, -0.2) is 4.79 Å². The van der Waals surface area contributed by atoms with Crippen molar-refractivity contribution in [3.63, 3.8) is 0 Å². The molecule has 1 atom stereocenters. The average Bonchev–Trinajstić information content (AvgIpc) is 3.21. The zero-order valence-electron chi connectivity index (χ0n) is 11.0. The van der Waals surface area contributed by atoms with Crippen LogP contribution in [0.1, 0.15) is 24.0 Å². The van der Waals surface area contributed by atoms with E-state index in [2.05, 4.69) is 5.32 Å². The first-order valence-corrected chi connectivity index (χ1v) is 6.46. The van der Waals surface area contributed by atoms with Crippen molar-refractivity contribution in [2.45, 2.75) is 31.5 Å². The summed E-state index contributed by atoms with van der Waals surface area (Å²) in [6.07, 6.45) is -3.22. The summed E-state index contributed by atoms with van der Waals surface area (Å²) in [5.41, 5.74) is -0.619. The molecular formula is C14H14F3NO3. The fourth-order valence-corrected chi connectivity index (χ4v) is 1.95. The van der Waals surface area contributed by atoms with Gasteiger partial charge in [0.05, 0.1) is 5.56 Å². The number of halogens is 3. The summed E-state index contributed by atoms with van der Waals surface area (Å²) in [5, 5.41) is 11.4. The second-order valence-electron chi connectivity index (χ2n) is 5.08. The third-order valence-electron chi connectivity index (χ3n) is 3.26. The van der Waals surface area contributed by atoms with Crippen LogP contribution in [0.5, 0.6) is 0 Å². The van der Waals surface area contributed by atoms with Gasteiger partial charge in [0.1, 0.15) is 6.04 Å². The number of carbonyl (C=O) groups excluding carboxylic acids is 1.